The quantitative estimate of drug-likeness (QED) is 0.621. The van der Waals surface area contributed by atoms with E-state index in [9.17, 15) is 13.2 Å². The van der Waals surface area contributed by atoms with Crippen LogP contribution in [0.15, 0.2) is 73.1 Å². The van der Waals surface area contributed by atoms with E-state index >= 15 is 0 Å². The highest BCUT2D eigenvalue weighted by atomic mass is 32.2. The number of carbonyl (C=O) groups excluding carboxylic acids is 1. The summed E-state index contributed by atoms with van der Waals surface area (Å²) in [4.78, 5) is 15.9. The number of nitrogens with one attached hydrogen (secondary N) is 2. The second-order valence-corrected chi connectivity index (χ2v) is 8.88. The van der Waals surface area contributed by atoms with Gasteiger partial charge < -0.3 is 10.6 Å². The standard InChI is InChI=1S/C22H23N3O3S/c1-17-4-2-3-5-20(17)16-29(27,28)15-19-6-8-21(9-7-19)25-22(26)24-14-18-10-12-23-13-11-18/h2-13H,14-16H2,1H3,(H2,24,25,26). The number of aryl methyl sites for hydroxylation is 1. The first-order valence-electron chi connectivity index (χ1n) is 9.19. The first-order valence-corrected chi connectivity index (χ1v) is 11.0. The maximum atomic E-state index is 12.5. The summed E-state index contributed by atoms with van der Waals surface area (Å²) in [5.41, 5.74) is 4.01. The summed E-state index contributed by atoms with van der Waals surface area (Å²) in [6.07, 6.45) is 3.33. The van der Waals surface area contributed by atoms with Crippen molar-refractivity contribution < 1.29 is 13.2 Å². The summed E-state index contributed by atoms with van der Waals surface area (Å²) < 4.78 is 25.0. The van der Waals surface area contributed by atoms with Crippen molar-refractivity contribution in [1.82, 2.24) is 10.3 Å². The number of aromatic nitrogens is 1. The van der Waals surface area contributed by atoms with Crippen molar-refractivity contribution in [2.24, 2.45) is 0 Å². The van der Waals surface area contributed by atoms with Gasteiger partial charge in [0.05, 0.1) is 11.5 Å². The fourth-order valence-electron chi connectivity index (χ4n) is 2.86. The predicted octanol–water partition coefficient (Wildman–Crippen LogP) is 3.83. The molecule has 0 unspecified atom stereocenters. The number of benzene rings is 2. The van der Waals surface area contributed by atoms with Crippen LogP contribution in [0, 0.1) is 6.92 Å². The van der Waals surface area contributed by atoms with Crippen LogP contribution in [0.1, 0.15) is 22.3 Å². The Bertz CT molecular complexity index is 1070. The van der Waals surface area contributed by atoms with E-state index in [0.717, 1.165) is 16.7 Å². The molecule has 3 rings (SSSR count). The second-order valence-electron chi connectivity index (χ2n) is 6.82. The van der Waals surface area contributed by atoms with Gasteiger partial charge >= 0.3 is 6.03 Å². The number of amides is 2. The van der Waals surface area contributed by atoms with Crippen LogP contribution in [-0.4, -0.2) is 19.4 Å². The molecule has 0 bridgehead atoms. The smallest absolute Gasteiger partial charge is 0.319 e. The molecule has 0 saturated carbocycles. The molecular weight excluding hydrogens is 386 g/mol. The summed E-state index contributed by atoms with van der Waals surface area (Å²) >= 11 is 0. The SMILES string of the molecule is Cc1ccccc1CS(=O)(=O)Cc1ccc(NC(=O)NCc2ccncc2)cc1. The van der Waals surface area contributed by atoms with Gasteiger partial charge in [0, 0.05) is 24.6 Å². The van der Waals surface area contributed by atoms with Crippen molar-refractivity contribution in [1.29, 1.82) is 0 Å². The zero-order valence-corrected chi connectivity index (χ0v) is 16.9. The Kier molecular flexibility index (Phi) is 6.61. The summed E-state index contributed by atoms with van der Waals surface area (Å²) in [6.45, 7) is 2.30. The van der Waals surface area contributed by atoms with Crippen LogP contribution in [0.25, 0.3) is 0 Å². The number of rotatable bonds is 7. The van der Waals surface area contributed by atoms with Gasteiger partial charge in [-0.25, -0.2) is 13.2 Å². The molecule has 0 fully saturated rings. The zero-order chi connectivity index (χ0) is 20.7. The van der Waals surface area contributed by atoms with Crippen LogP contribution < -0.4 is 10.6 Å². The van der Waals surface area contributed by atoms with Gasteiger partial charge in [-0.2, -0.15) is 0 Å². The molecule has 2 aromatic carbocycles. The number of pyridine rings is 1. The van der Waals surface area contributed by atoms with Gasteiger partial charge in [-0.05, 0) is 53.4 Å². The molecule has 0 aliphatic carbocycles. The van der Waals surface area contributed by atoms with E-state index in [1.165, 1.54) is 0 Å². The second kappa shape index (κ2) is 9.34. The van der Waals surface area contributed by atoms with Gasteiger partial charge in [-0.1, -0.05) is 36.4 Å². The van der Waals surface area contributed by atoms with E-state index in [2.05, 4.69) is 15.6 Å². The highest BCUT2D eigenvalue weighted by molar-refractivity contribution is 7.89. The number of sulfone groups is 1. The van der Waals surface area contributed by atoms with Crippen molar-refractivity contribution in [3.8, 4) is 0 Å². The molecule has 0 radical (unpaired) electrons. The summed E-state index contributed by atoms with van der Waals surface area (Å²) in [6, 6.07) is 17.6. The number of carbonyl (C=O) groups is 1. The monoisotopic (exact) mass is 409 g/mol. The molecule has 1 aromatic heterocycles. The third-order valence-electron chi connectivity index (χ3n) is 4.44. The highest BCUT2D eigenvalue weighted by Crippen LogP contribution is 2.17. The molecular formula is C22H23N3O3S. The topological polar surface area (TPSA) is 88.2 Å². The van der Waals surface area contributed by atoms with Crippen molar-refractivity contribution >= 4 is 21.6 Å². The van der Waals surface area contributed by atoms with Gasteiger partial charge in [0.1, 0.15) is 0 Å². The Balaban J connectivity index is 1.54. The summed E-state index contributed by atoms with van der Waals surface area (Å²) in [7, 11) is -3.29. The minimum atomic E-state index is -3.29. The summed E-state index contributed by atoms with van der Waals surface area (Å²) in [5, 5.41) is 5.49. The van der Waals surface area contributed by atoms with Gasteiger partial charge in [-0.15, -0.1) is 0 Å². The normalized spacial score (nSPS) is 11.1. The first-order chi connectivity index (χ1) is 13.9. The third-order valence-corrected chi connectivity index (χ3v) is 5.96. The average molecular weight is 410 g/mol. The molecule has 3 aromatic rings. The summed E-state index contributed by atoms with van der Waals surface area (Å²) in [5.74, 6) is -0.0348. The van der Waals surface area contributed by atoms with E-state index in [0.29, 0.717) is 17.8 Å². The number of hydrogen-bond donors (Lipinski definition) is 2. The van der Waals surface area contributed by atoms with Gasteiger partial charge in [0.2, 0.25) is 0 Å². The highest BCUT2D eigenvalue weighted by Gasteiger charge is 2.14. The molecule has 0 aliphatic heterocycles. The Hall–Kier alpha value is -3.19. The van der Waals surface area contributed by atoms with Crippen LogP contribution in [0.2, 0.25) is 0 Å². The zero-order valence-electron chi connectivity index (χ0n) is 16.1. The lowest BCUT2D eigenvalue weighted by Gasteiger charge is -2.10. The Morgan fingerprint density at radius 2 is 1.59 bits per heavy atom. The van der Waals surface area contributed by atoms with Gasteiger partial charge in [0.25, 0.3) is 0 Å². The molecule has 1 heterocycles. The van der Waals surface area contributed by atoms with E-state index in [1.54, 1.807) is 36.7 Å². The minimum Gasteiger partial charge on any atom is -0.334 e. The lowest BCUT2D eigenvalue weighted by atomic mass is 10.1. The lowest BCUT2D eigenvalue weighted by molar-refractivity contribution is 0.251. The molecule has 0 aliphatic rings. The van der Waals surface area contributed by atoms with Crippen molar-refractivity contribution in [2.45, 2.75) is 25.0 Å². The molecule has 6 nitrogen and oxygen atoms in total. The van der Waals surface area contributed by atoms with Gasteiger partial charge in [-0.3, -0.25) is 4.98 Å². The molecule has 2 amide bonds. The lowest BCUT2D eigenvalue weighted by Crippen LogP contribution is -2.28. The van der Waals surface area contributed by atoms with Crippen molar-refractivity contribution in [2.75, 3.05) is 5.32 Å². The molecule has 0 spiro atoms. The van der Waals surface area contributed by atoms with E-state index < -0.39 is 9.84 Å². The van der Waals surface area contributed by atoms with Crippen LogP contribution in [0.5, 0.6) is 0 Å². The molecule has 0 atom stereocenters. The fourth-order valence-corrected chi connectivity index (χ4v) is 4.46. The van der Waals surface area contributed by atoms with Crippen LogP contribution >= 0.6 is 0 Å². The maximum absolute atomic E-state index is 12.5. The maximum Gasteiger partial charge on any atom is 0.319 e. The molecule has 0 saturated heterocycles. The number of urea groups is 1. The van der Waals surface area contributed by atoms with Crippen LogP contribution in [0.4, 0.5) is 10.5 Å². The Labute approximate surface area is 170 Å². The minimum absolute atomic E-state index is 0.0110. The van der Waals surface area contributed by atoms with E-state index in [4.69, 9.17) is 0 Å². The van der Waals surface area contributed by atoms with Gasteiger partial charge in [0.15, 0.2) is 9.84 Å². The molecule has 150 valence electrons. The van der Waals surface area contributed by atoms with Crippen LogP contribution in [0.3, 0.4) is 0 Å². The van der Waals surface area contributed by atoms with E-state index in [1.807, 2.05) is 43.3 Å². The predicted molar refractivity (Wildman–Crippen MR) is 114 cm³/mol. The first kappa shape index (κ1) is 20.5. The number of nitrogens with zero attached hydrogens (tertiary/aromatic N) is 1. The van der Waals surface area contributed by atoms with E-state index in [-0.39, 0.29) is 17.5 Å². The molecule has 2 N–H and O–H groups in total. The number of hydrogen-bond acceptors (Lipinski definition) is 4. The Morgan fingerprint density at radius 1 is 0.897 bits per heavy atom. The largest absolute Gasteiger partial charge is 0.334 e. The Morgan fingerprint density at radius 3 is 2.28 bits per heavy atom. The molecule has 7 heteroatoms. The van der Waals surface area contributed by atoms with Crippen molar-refractivity contribution in [3.63, 3.8) is 0 Å². The number of anilines is 1. The van der Waals surface area contributed by atoms with Crippen molar-refractivity contribution in [3.05, 3.63) is 95.3 Å². The average Bonchev–Trinajstić information content (AvgIpc) is 2.70. The fraction of sp³-hybridized carbons (Fsp3) is 0.182. The van der Waals surface area contributed by atoms with Crippen LogP contribution in [-0.2, 0) is 27.9 Å². The molecule has 29 heavy (non-hydrogen) atoms. The third kappa shape index (κ3) is 6.43.